The van der Waals surface area contributed by atoms with E-state index >= 15 is 0 Å². The molecule has 1 aromatic carbocycles. The van der Waals surface area contributed by atoms with Crippen LogP contribution in [0.2, 0.25) is 0 Å². The molecule has 0 saturated heterocycles. The fraction of sp³-hybridized carbons (Fsp3) is 0.320. The number of nitrogens with zero attached hydrogens (tertiary/aromatic N) is 3. The Morgan fingerprint density at radius 1 is 1.23 bits per heavy atom. The number of carbonyl (C=O) groups is 1. The van der Waals surface area contributed by atoms with Crippen molar-refractivity contribution in [2.24, 2.45) is 5.41 Å². The highest BCUT2D eigenvalue weighted by Gasteiger charge is 2.40. The molecule has 2 aliphatic carbocycles. The lowest BCUT2D eigenvalue weighted by atomic mass is 10.0. The van der Waals surface area contributed by atoms with Gasteiger partial charge in [0.25, 0.3) is 5.91 Å². The van der Waals surface area contributed by atoms with Gasteiger partial charge in [-0.2, -0.15) is 5.10 Å². The molecule has 2 aromatic heterocycles. The largest absolute Gasteiger partial charge is 0.351 e. The van der Waals surface area contributed by atoms with E-state index in [4.69, 9.17) is 11.4 Å². The Bertz CT molecular complexity index is 1160. The summed E-state index contributed by atoms with van der Waals surface area (Å²) in [5, 5.41) is 10.7. The van der Waals surface area contributed by atoms with Gasteiger partial charge < -0.3 is 10.6 Å². The van der Waals surface area contributed by atoms with Crippen molar-refractivity contribution in [2.45, 2.75) is 38.6 Å². The Balaban J connectivity index is 1.29. The molecular formula is C25H25N5O. The van der Waals surface area contributed by atoms with E-state index in [1.165, 1.54) is 12.8 Å². The highest BCUT2D eigenvalue weighted by molar-refractivity contribution is 5.94. The van der Waals surface area contributed by atoms with Crippen LogP contribution in [0.4, 0.5) is 11.5 Å². The van der Waals surface area contributed by atoms with Crippen molar-refractivity contribution in [2.75, 3.05) is 11.9 Å². The van der Waals surface area contributed by atoms with Crippen LogP contribution in [0, 0.1) is 24.7 Å². The van der Waals surface area contributed by atoms with Gasteiger partial charge in [-0.25, -0.2) is 4.98 Å². The number of pyridine rings is 1. The van der Waals surface area contributed by atoms with E-state index in [2.05, 4.69) is 21.7 Å². The third kappa shape index (κ3) is 4.17. The second kappa shape index (κ2) is 7.59. The second-order valence-electron chi connectivity index (χ2n) is 8.61. The normalized spacial score (nSPS) is 16.4. The van der Waals surface area contributed by atoms with Crippen molar-refractivity contribution in [3.05, 3.63) is 59.9 Å². The smallest absolute Gasteiger partial charge is 0.251 e. The van der Waals surface area contributed by atoms with Gasteiger partial charge in [0, 0.05) is 29.3 Å². The van der Waals surface area contributed by atoms with Gasteiger partial charge in [0.2, 0.25) is 0 Å². The first-order valence-corrected chi connectivity index (χ1v) is 10.7. The number of aromatic nitrogens is 3. The third-order valence-corrected chi connectivity index (χ3v) is 6.06. The number of rotatable bonds is 7. The molecule has 1 amide bonds. The van der Waals surface area contributed by atoms with Gasteiger partial charge >= 0.3 is 0 Å². The molecule has 3 aromatic rings. The first-order valence-electron chi connectivity index (χ1n) is 10.7. The predicted octanol–water partition coefficient (Wildman–Crippen LogP) is 4.48. The van der Waals surface area contributed by atoms with Crippen LogP contribution in [0.3, 0.4) is 0 Å². The van der Waals surface area contributed by atoms with Gasteiger partial charge in [0.1, 0.15) is 5.82 Å². The topological polar surface area (TPSA) is 71.8 Å². The molecule has 0 radical (unpaired) electrons. The second-order valence-corrected chi connectivity index (χ2v) is 8.61. The SMILES string of the molecule is C#CC1(CNC(=O)c2ccc(-c3nc(Nc4cnn(C5CC5)c4)ccc3C)cc2)CC1. The lowest BCUT2D eigenvalue weighted by molar-refractivity contribution is 0.0948. The Hall–Kier alpha value is -3.59. The molecule has 2 saturated carbocycles. The summed E-state index contributed by atoms with van der Waals surface area (Å²) in [6.45, 7) is 2.57. The lowest BCUT2D eigenvalue weighted by Crippen LogP contribution is -2.29. The van der Waals surface area contributed by atoms with Crippen molar-refractivity contribution in [3.63, 3.8) is 0 Å². The highest BCUT2D eigenvalue weighted by Crippen LogP contribution is 2.44. The number of aryl methyl sites for hydroxylation is 1. The molecule has 0 spiro atoms. The fourth-order valence-electron chi connectivity index (χ4n) is 3.63. The molecule has 6 nitrogen and oxygen atoms in total. The average molecular weight is 412 g/mol. The Labute approximate surface area is 182 Å². The van der Waals surface area contributed by atoms with Crippen LogP contribution in [-0.4, -0.2) is 27.2 Å². The van der Waals surface area contributed by atoms with Crippen molar-refractivity contribution >= 4 is 17.4 Å². The number of hydrogen-bond donors (Lipinski definition) is 2. The molecule has 31 heavy (non-hydrogen) atoms. The Morgan fingerprint density at radius 2 is 2.00 bits per heavy atom. The summed E-state index contributed by atoms with van der Waals surface area (Å²) in [5.74, 6) is 3.46. The van der Waals surface area contributed by atoms with Crippen LogP contribution in [0.15, 0.2) is 48.8 Å². The molecule has 2 heterocycles. The molecule has 2 fully saturated rings. The molecule has 0 aliphatic heterocycles. The molecule has 0 unspecified atom stereocenters. The van der Waals surface area contributed by atoms with Crippen LogP contribution in [0.1, 0.15) is 47.6 Å². The standard InChI is InChI=1S/C25H25N5O/c1-3-25(12-13-25)16-26-24(31)19-7-5-18(6-8-19)23-17(2)4-11-22(29-23)28-20-14-27-30(15-20)21-9-10-21/h1,4-8,11,14-15,21H,9-10,12-13,16H2,2H3,(H,26,31)(H,28,29). The first kappa shape index (κ1) is 19.4. The number of nitrogens with one attached hydrogen (secondary N) is 2. The lowest BCUT2D eigenvalue weighted by Gasteiger charge is -2.11. The Morgan fingerprint density at radius 3 is 2.68 bits per heavy atom. The summed E-state index contributed by atoms with van der Waals surface area (Å²) in [4.78, 5) is 17.2. The van der Waals surface area contributed by atoms with Gasteiger partial charge in [0.05, 0.1) is 23.6 Å². The zero-order valence-corrected chi connectivity index (χ0v) is 17.6. The van der Waals surface area contributed by atoms with E-state index in [0.717, 1.165) is 41.2 Å². The van der Waals surface area contributed by atoms with E-state index in [-0.39, 0.29) is 11.3 Å². The van der Waals surface area contributed by atoms with Crippen molar-refractivity contribution in [3.8, 4) is 23.6 Å². The Kier molecular flexibility index (Phi) is 4.74. The average Bonchev–Trinajstić information content (AvgIpc) is 3.73. The zero-order chi connectivity index (χ0) is 21.4. The molecule has 156 valence electrons. The van der Waals surface area contributed by atoms with E-state index in [0.29, 0.717) is 18.2 Å². The van der Waals surface area contributed by atoms with Crippen molar-refractivity contribution < 1.29 is 4.79 Å². The van der Waals surface area contributed by atoms with Crippen molar-refractivity contribution in [1.82, 2.24) is 20.1 Å². The summed E-state index contributed by atoms with van der Waals surface area (Å²) in [6.07, 6.45) is 13.8. The zero-order valence-electron chi connectivity index (χ0n) is 17.6. The molecule has 2 N–H and O–H groups in total. The number of carbonyl (C=O) groups excluding carboxylic acids is 1. The monoisotopic (exact) mass is 411 g/mol. The quantitative estimate of drug-likeness (QED) is 0.563. The van der Waals surface area contributed by atoms with Crippen molar-refractivity contribution in [1.29, 1.82) is 0 Å². The van der Waals surface area contributed by atoms with Gasteiger partial charge in [-0.15, -0.1) is 6.42 Å². The number of amides is 1. The van der Waals surface area contributed by atoms with Gasteiger partial charge in [-0.05, 0) is 56.4 Å². The first-order chi connectivity index (χ1) is 15.0. The van der Waals surface area contributed by atoms with E-state index < -0.39 is 0 Å². The van der Waals surface area contributed by atoms with Crippen LogP contribution in [0.25, 0.3) is 11.3 Å². The molecule has 5 rings (SSSR count). The van der Waals surface area contributed by atoms with E-state index in [1.54, 1.807) is 0 Å². The van der Waals surface area contributed by atoms with E-state index in [1.807, 2.05) is 60.4 Å². The number of terminal acetylenes is 1. The fourth-order valence-corrected chi connectivity index (χ4v) is 3.63. The summed E-state index contributed by atoms with van der Waals surface area (Å²) < 4.78 is 2.01. The summed E-state index contributed by atoms with van der Waals surface area (Å²) >= 11 is 0. The predicted molar refractivity (Wildman–Crippen MR) is 121 cm³/mol. The number of hydrogen-bond acceptors (Lipinski definition) is 4. The highest BCUT2D eigenvalue weighted by atomic mass is 16.1. The summed E-state index contributed by atoms with van der Waals surface area (Å²) in [6, 6.07) is 12.1. The van der Waals surface area contributed by atoms with Gasteiger partial charge in [-0.3, -0.25) is 9.48 Å². The van der Waals surface area contributed by atoms with E-state index in [9.17, 15) is 4.79 Å². The molecule has 6 heteroatoms. The minimum atomic E-state index is -0.126. The minimum Gasteiger partial charge on any atom is -0.351 e. The van der Waals surface area contributed by atoms with Crippen LogP contribution in [0.5, 0.6) is 0 Å². The maximum Gasteiger partial charge on any atom is 0.251 e. The molecule has 0 bridgehead atoms. The van der Waals surface area contributed by atoms with Crippen LogP contribution in [-0.2, 0) is 0 Å². The van der Waals surface area contributed by atoms with Crippen LogP contribution >= 0.6 is 0 Å². The number of anilines is 2. The molecular weight excluding hydrogens is 386 g/mol. The third-order valence-electron chi connectivity index (χ3n) is 6.06. The summed E-state index contributed by atoms with van der Waals surface area (Å²) in [7, 11) is 0. The number of benzene rings is 1. The summed E-state index contributed by atoms with van der Waals surface area (Å²) in [5.41, 5.74) is 4.35. The molecule has 0 atom stereocenters. The van der Waals surface area contributed by atoms with Crippen LogP contribution < -0.4 is 10.6 Å². The van der Waals surface area contributed by atoms with Gasteiger partial charge in [0.15, 0.2) is 0 Å². The van der Waals surface area contributed by atoms with Gasteiger partial charge in [-0.1, -0.05) is 24.1 Å². The maximum absolute atomic E-state index is 12.4. The minimum absolute atomic E-state index is 0.0964. The molecule has 2 aliphatic rings. The maximum atomic E-state index is 12.4.